The third-order valence-corrected chi connectivity index (χ3v) is 3.24. The zero-order chi connectivity index (χ0) is 11.1. The van der Waals surface area contributed by atoms with Gasteiger partial charge >= 0.3 is 4.87 Å². The molecule has 0 aliphatic carbocycles. The molecular formula is C10H19N3OS. The van der Waals surface area contributed by atoms with E-state index in [2.05, 4.69) is 17.2 Å². The molecule has 1 aromatic heterocycles. The van der Waals surface area contributed by atoms with E-state index < -0.39 is 0 Å². The minimum atomic E-state index is 0.0141. The molecular weight excluding hydrogens is 210 g/mol. The summed E-state index contributed by atoms with van der Waals surface area (Å²) in [5, 5.41) is 5.15. The first kappa shape index (κ1) is 12.4. The normalized spacial score (nSPS) is 12.9. The van der Waals surface area contributed by atoms with Gasteiger partial charge in [-0.25, -0.2) is 0 Å². The molecule has 0 saturated heterocycles. The molecule has 5 heteroatoms. The molecule has 0 radical (unpaired) electrons. The Hall–Kier alpha value is -0.650. The second-order valence-corrected chi connectivity index (χ2v) is 4.49. The molecule has 0 aliphatic rings. The Bertz CT molecular complexity index is 316. The Morgan fingerprint density at radius 1 is 1.67 bits per heavy atom. The fraction of sp³-hybridized carbons (Fsp3) is 0.700. The predicted molar refractivity (Wildman–Crippen MR) is 64.1 cm³/mol. The van der Waals surface area contributed by atoms with E-state index in [0.29, 0.717) is 5.92 Å². The fourth-order valence-corrected chi connectivity index (χ4v) is 2.00. The third-order valence-electron chi connectivity index (χ3n) is 2.53. The van der Waals surface area contributed by atoms with Crippen molar-refractivity contribution < 1.29 is 0 Å². The van der Waals surface area contributed by atoms with E-state index in [4.69, 9.17) is 5.73 Å². The first-order valence-electron chi connectivity index (χ1n) is 5.33. The molecule has 0 amide bonds. The lowest BCUT2D eigenvalue weighted by molar-refractivity contribution is 0.459. The topological polar surface area (TPSA) is 70.9 Å². The standard InChI is InChI=1S/C10H19N3OS/c1-2-8(5-11)3-4-12-6-9-7-15-10(14)13-9/h7-8,12H,2-6,11H2,1H3,(H,13,14). The zero-order valence-corrected chi connectivity index (χ0v) is 9.90. The first-order chi connectivity index (χ1) is 7.26. The van der Waals surface area contributed by atoms with E-state index in [1.807, 2.05) is 5.38 Å². The summed E-state index contributed by atoms with van der Waals surface area (Å²) in [5.41, 5.74) is 6.57. The number of hydrogen-bond acceptors (Lipinski definition) is 4. The van der Waals surface area contributed by atoms with Gasteiger partial charge in [0.25, 0.3) is 0 Å². The molecule has 0 aromatic carbocycles. The molecule has 0 saturated carbocycles. The van der Waals surface area contributed by atoms with E-state index >= 15 is 0 Å². The maximum Gasteiger partial charge on any atom is 0.304 e. The predicted octanol–water partition coefficient (Wildman–Crippen LogP) is 0.901. The quantitative estimate of drug-likeness (QED) is 0.608. The van der Waals surface area contributed by atoms with Crippen molar-refractivity contribution in [3.63, 3.8) is 0 Å². The largest absolute Gasteiger partial charge is 0.330 e. The summed E-state index contributed by atoms with van der Waals surface area (Å²) < 4.78 is 0. The summed E-state index contributed by atoms with van der Waals surface area (Å²) in [7, 11) is 0. The second kappa shape index (κ2) is 6.76. The minimum absolute atomic E-state index is 0.0141. The Morgan fingerprint density at radius 2 is 2.47 bits per heavy atom. The highest BCUT2D eigenvalue weighted by Gasteiger charge is 2.02. The van der Waals surface area contributed by atoms with E-state index in [1.54, 1.807) is 0 Å². The summed E-state index contributed by atoms with van der Waals surface area (Å²) in [6, 6.07) is 0. The molecule has 1 heterocycles. The molecule has 0 bridgehead atoms. The summed E-state index contributed by atoms with van der Waals surface area (Å²) in [5.74, 6) is 0.610. The third kappa shape index (κ3) is 4.59. The summed E-state index contributed by atoms with van der Waals surface area (Å²) >= 11 is 1.21. The van der Waals surface area contributed by atoms with Crippen LogP contribution in [0, 0.1) is 5.92 Å². The summed E-state index contributed by atoms with van der Waals surface area (Å²) in [4.78, 5) is 13.6. The second-order valence-electron chi connectivity index (χ2n) is 3.65. The number of hydrogen-bond donors (Lipinski definition) is 3. The molecule has 15 heavy (non-hydrogen) atoms. The van der Waals surface area contributed by atoms with E-state index in [-0.39, 0.29) is 4.87 Å². The van der Waals surface area contributed by atoms with E-state index in [1.165, 1.54) is 11.3 Å². The molecule has 0 spiro atoms. The van der Waals surface area contributed by atoms with Crippen LogP contribution in [0.4, 0.5) is 0 Å². The minimum Gasteiger partial charge on any atom is -0.330 e. The number of H-pyrrole nitrogens is 1. The van der Waals surface area contributed by atoms with Gasteiger partial charge in [0.1, 0.15) is 0 Å². The molecule has 0 aliphatic heterocycles. The summed E-state index contributed by atoms with van der Waals surface area (Å²) in [6.45, 7) is 4.61. The molecule has 1 aromatic rings. The first-order valence-corrected chi connectivity index (χ1v) is 6.21. The lowest BCUT2D eigenvalue weighted by Crippen LogP contribution is -2.22. The highest BCUT2D eigenvalue weighted by molar-refractivity contribution is 7.07. The Labute approximate surface area is 93.9 Å². The molecule has 0 fully saturated rings. The van der Waals surface area contributed by atoms with Crippen molar-refractivity contribution in [1.82, 2.24) is 10.3 Å². The van der Waals surface area contributed by atoms with Crippen molar-refractivity contribution in [2.45, 2.75) is 26.3 Å². The maximum atomic E-state index is 10.8. The van der Waals surface area contributed by atoms with Gasteiger partial charge in [0.2, 0.25) is 0 Å². The van der Waals surface area contributed by atoms with Crippen molar-refractivity contribution in [3.05, 3.63) is 20.7 Å². The van der Waals surface area contributed by atoms with Gasteiger partial charge < -0.3 is 16.0 Å². The highest BCUT2D eigenvalue weighted by Crippen LogP contribution is 2.04. The van der Waals surface area contributed by atoms with Gasteiger partial charge in [-0.15, -0.1) is 0 Å². The van der Waals surface area contributed by atoms with Gasteiger partial charge in [-0.2, -0.15) is 0 Å². The number of nitrogens with one attached hydrogen (secondary N) is 2. The molecule has 1 atom stereocenters. The van der Waals surface area contributed by atoms with Crippen LogP contribution in [-0.4, -0.2) is 18.1 Å². The van der Waals surface area contributed by atoms with Crippen LogP contribution in [0.3, 0.4) is 0 Å². The Morgan fingerprint density at radius 3 is 3.00 bits per heavy atom. The number of thiazole rings is 1. The Kier molecular flexibility index (Phi) is 5.60. The average Bonchev–Trinajstić information content (AvgIpc) is 2.65. The van der Waals surface area contributed by atoms with Crippen molar-refractivity contribution in [1.29, 1.82) is 0 Å². The molecule has 4 N–H and O–H groups in total. The monoisotopic (exact) mass is 229 g/mol. The zero-order valence-electron chi connectivity index (χ0n) is 9.08. The molecule has 4 nitrogen and oxygen atoms in total. The average molecular weight is 229 g/mol. The van der Waals surface area contributed by atoms with Gasteiger partial charge in [0.05, 0.1) is 0 Å². The van der Waals surface area contributed by atoms with Crippen LogP contribution in [0.5, 0.6) is 0 Å². The SMILES string of the molecule is CCC(CN)CCNCc1csc(=O)[nH]1. The smallest absolute Gasteiger partial charge is 0.304 e. The van der Waals surface area contributed by atoms with E-state index in [9.17, 15) is 4.79 Å². The number of aromatic nitrogens is 1. The fourth-order valence-electron chi connectivity index (χ4n) is 1.42. The highest BCUT2D eigenvalue weighted by atomic mass is 32.1. The number of aromatic amines is 1. The molecule has 1 unspecified atom stereocenters. The Balaban J connectivity index is 2.14. The van der Waals surface area contributed by atoms with Gasteiger partial charge in [-0.3, -0.25) is 4.79 Å². The summed E-state index contributed by atoms with van der Waals surface area (Å²) in [6.07, 6.45) is 2.23. The van der Waals surface area contributed by atoms with Gasteiger partial charge in [0.15, 0.2) is 0 Å². The molecule has 86 valence electrons. The maximum absolute atomic E-state index is 10.8. The lowest BCUT2D eigenvalue weighted by atomic mass is 10.0. The van der Waals surface area contributed by atoms with Crippen molar-refractivity contribution in [3.8, 4) is 0 Å². The van der Waals surface area contributed by atoms with Gasteiger partial charge in [-0.1, -0.05) is 24.7 Å². The van der Waals surface area contributed by atoms with Crippen LogP contribution >= 0.6 is 11.3 Å². The lowest BCUT2D eigenvalue weighted by Gasteiger charge is -2.11. The van der Waals surface area contributed by atoms with Gasteiger partial charge in [0, 0.05) is 17.6 Å². The van der Waals surface area contributed by atoms with Crippen LogP contribution in [0.25, 0.3) is 0 Å². The van der Waals surface area contributed by atoms with Crippen molar-refractivity contribution in [2.75, 3.05) is 13.1 Å². The van der Waals surface area contributed by atoms with Crippen molar-refractivity contribution in [2.24, 2.45) is 11.7 Å². The van der Waals surface area contributed by atoms with Gasteiger partial charge in [-0.05, 0) is 25.4 Å². The number of nitrogens with two attached hydrogens (primary N) is 1. The van der Waals surface area contributed by atoms with Crippen LogP contribution < -0.4 is 15.9 Å². The number of rotatable bonds is 7. The van der Waals surface area contributed by atoms with E-state index in [0.717, 1.165) is 38.2 Å². The van der Waals surface area contributed by atoms with Crippen LogP contribution in [0.1, 0.15) is 25.5 Å². The van der Waals surface area contributed by atoms with Crippen LogP contribution in [0.15, 0.2) is 10.2 Å². The van der Waals surface area contributed by atoms with Crippen LogP contribution in [-0.2, 0) is 6.54 Å². The van der Waals surface area contributed by atoms with Crippen LogP contribution in [0.2, 0.25) is 0 Å². The van der Waals surface area contributed by atoms with Crippen molar-refractivity contribution >= 4 is 11.3 Å². The molecule has 1 rings (SSSR count).